The minimum absolute atomic E-state index is 0.146. The SMILES string of the molecule is CSCCCCCCNc1cc([N+](=O)[O-])ccc1C. The normalized spacial score (nSPS) is 10.4. The van der Waals surface area contributed by atoms with Gasteiger partial charge in [-0.05, 0) is 37.3 Å². The Morgan fingerprint density at radius 2 is 2.00 bits per heavy atom. The zero-order valence-corrected chi connectivity index (χ0v) is 12.5. The van der Waals surface area contributed by atoms with E-state index in [1.54, 1.807) is 18.2 Å². The van der Waals surface area contributed by atoms with Crippen molar-refractivity contribution in [2.75, 3.05) is 23.9 Å². The molecule has 0 radical (unpaired) electrons. The fourth-order valence-corrected chi connectivity index (χ4v) is 2.35. The summed E-state index contributed by atoms with van der Waals surface area (Å²) in [5.41, 5.74) is 2.07. The fourth-order valence-electron chi connectivity index (χ4n) is 1.86. The minimum Gasteiger partial charge on any atom is -0.385 e. The molecule has 0 saturated carbocycles. The molecule has 0 bridgehead atoms. The van der Waals surface area contributed by atoms with Crippen molar-refractivity contribution >= 4 is 23.1 Å². The lowest BCUT2D eigenvalue weighted by Crippen LogP contribution is -2.03. The zero-order chi connectivity index (χ0) is 14.1. The third-order valence-corrected chi connectivity index (χ3v) is 3.72. The number of aryl methyl sites for hydroxylation is 1. The molecule has 0 aliphatic carbocycles. The van der Waals surface area contributed by atoms with E-state index in [9.17, 15) is 10.1 Å². The van der Waals surface area contributed by atoms with Gasteiger partial charge in [0.1, 0.15) is 0 Å². The van der Waals surface area contributed by atoms with Crippen molar-refractivity contribution in [1.29, 1.82) is 0 Å². The second-order valence-electron chi connectivity index (χ2n) is 4.59. The predicted molar refractivity (Wildman–Crippen MR) is 83.2 cm³/mol. The highest BCUT2D eigenvalue weighted by atomic mass is 32.2. The van der Waals surface area contributed by atoms with Gasteiger partial charge in [0.05, 0.1) is 4.92 Å². The summed E-state index contributed by atoms with van der Waals surface area (Å²) in [5, 5.41) is 14.0. The largest absolute Gasteiger partial charge is 0.385 e. The second kappa shape index (κ2) is 8.80. The Morgan fingerprint density at radius 3 is 2.68 bits per heavy atom. The van der Waals surface area contributed by atoms with Gasteiger partial charge in [-0.1, -0.05) is 18.9 Å². The lowest BCUT2D eigenvalue weighted by atomic mass is 10.1. The number of nitrogens with one attached hydrogen (secondary N) is 1. The molecule has 0 saturated heterocycles. The van der Waals surface area contributed by atoms with Crippen molar-refractivity contribution in [2.24, 2.45) is 0 Å². The molecule has 1 aromatic carbocycles. The molecule has 0 amide bonds. The van der Waals surface area contributed by atoms with Crippen molar-refractivity contribution < 1.29 is 4.92 Å². The molecule has 1 aromatic rings. The number of hydrogen-bond acceptors (Lipinski definition) is 4. The first-order chi connectivity index (χ1) is 9.15. The molecule has 0 heterocycles. The number of anilines is 1. The summed E-state index contributed by atoms with van der Waals surface area (Å²) in [6.45, 7) is 2.84. The Morgan fingerprint density at radius 1 is 1.26 bits per heavy atom. The van der Waals surface area contributed by atoms with E-state index in [0.717, 1.165) is 24.2 Å². The maximum absolute atomic E-state index is 10.7. The van der Waals surface area contributed by atoms with Crippen molar-refractivity contribution in [2.45, 2.75) is 32.6 Å². The van der Waals surface area contributed by atoms with Gasteiger partial charge in [0, 0.05) is 24.4 Å². The average Bonchev–Trinajstić information content (AvgIpc) is 2.39. The van der Waals surface area contributed by atoms with E-state index in [1.165, 1.54) is 25.0 Å². The van der Waals surface area contributed by atoms with E-state index in [-0.39, 0.29) is 10.6 Å². The van der Waals surface area contributed by atoms with Gasteiger partial charge in [0.25, 0.3) is 5.69 Å². The first-order valence-electron chi connectivity index (χ1n) is 6.63. The molecule has 0 spiro atoms. The van der Waals surface area contributed by atoms with Crippen LogP contribution in [-0.4, -0.2) is 23.5 Å². The molecular formula is C14H22N2O2S. The summed E-state index contributed by atoms with van der Waals surface area (Å²) in [5.74, 6) is 1.23. The van der Waals surface area contributed by atoms with Gasteiger partial charge in [-0.2, -0.15) is 11.8 Å². The molecule has 1 N–H and O–H groups in total. The first-order valence-corrected chi connectivity index (χ1v) is 8.02. The van der Waals surface area contributed by atoms with Gasteiger partial charge in [0.15, 0.2) is 0 Å². The van der Waals surface area contributed by atoms with Gasteiger partial charge in [0.2, 0.25) is 0 Å². The predicted octanol–water partition coefficient (Wildman–Crippen LogP) is 4.24. The van der Waals surface area contributed by atoms with Crippen molar-refractivity contribution in [1.82, 2.24) is 0 Å². The number of nitro groups is 1. The molecule has 0 fully saturated rings. The number of unbranched alkanes of at least 4 members (excludes halogenated alkanes) is 3. The topological polar surface area (TPSA) is 55.2 Å². The molecule has 0 aliphatic heterocycles. The van der Waals surface area contributed by atoms with Crippen LogP contribution in [0.25, 0.3) is 0 Å². The molecule has 5 heteroatoms. The van der Waals surface area contributed by atoms with Gasteiger partial charge >= 0.3 is 0 Å². The van der Waals surface area contributed by atoms with Crippen molar-refractivity contribution in [3.63, 3.8) is 0 Å². The molecule has 4 nitrogen and oxygen atoms in total. The number of non-ortho nitro benzene ring substituents is 1. The van der Waals surface area contributed by atoms with Crippen LogP contribution < -0.4 is 5.32 Å². The fraction of sp³-hybridized carbons (Fsp3) is 0.571. The Kier molecular flexibility index (Phi) is 7.33. The monoisotopic (exact) mass is 282 g/mol. The average molecular weight is 282 g/mol. The highest BCUT2D eigenvalue weighted by Crippen LogP contribution is 2.21. The smallest absolute Gasteiger partial charge is 0.271 e. The molecule has 19 heavy (non-hydrogen) atoms. The molecular weight excluding hydrogens is 260 g/mol. The molecule has 0 aromatic heterocycles. The van der Waals surface area contributed by atoms with Crippen LogP contribution >= 0.6 is 11.8 Å². The Bertz CT molecular complexity index is 410. The second-order valence-corrected chi connectivity index (χ2v) is 5.58. The van der Waals surface area contributed by atoms with Gasteiger partial charge in [-0.3, -0.25) is 10.1 Å². The molecule has 106 valence electrons. The number of benzene rings is 1. The van der Waals surface area contributed by atoms with Crippen molar-refractivity contribution in [3.05, 3.63) is 33.9 Å². The van der Waals surface area contributed by atoms with Crippen molar-refractivity contribution in [3.8, 4) is 0 Å². The zero-order valence-electron chi connectivity index (χ0n) is 11.6. The van der Waals surface area contributed by atoms with Gasteiger partial charge in [-0.25, -0.2) is 0 Å². The molecule has 0 atom stereocenters. The van der Waals surface area contributed by atoms with E-state index in [4.69, 9.17) is 0 Å². The van der Waals surface area contributed by atoms with E-state index in [1.807, 2.05) is 18.7 Å². The highest BCUT2D eigenvalue weighted by Gasteiger charge is 2.07. The summed E-state index contributed by atoms with van der Waals surface area (Å²) in [4.78, 5) is 10.4. The van der Waals surface area contributed by atoms with E-state index in [0.29, 0.717) is 0 Å². The van der Waals surface area contributed by atoms with Crippen LogP contribution in [-0.2, 0) is 0 Å². The summed E-state index contributed by atoms with van der Waals surface area (Å²) in [6, 6.07) is 4.95. The van der Waals surface area contributed by atoms with Crippen LogP contribution in [0.4, 0.5) is 11.4 Å². The number of thioether (sulfide) groups is 1. The van der Waals surface area contributed by atoms with Crippen LogP contribution in [0.2, 0.25) is 0 Å². The maximum Gasteiger partial charge on any atom is 0.271 e. The van der Waals surface area contributed by atoms with E-state index >= 15 is 0 Å². The molecule has 1 rings (SSSR count). The maximum atomic E-state index is 10.7. The lowest BCUT2D eigenvalue weighted by molar-refractivity contribution is -0.384. The van der Waals surface area contributed by atoms with Gasteiger partial charge in [-0.15, -0.1) is 0 Å². The quantitative estimate of drug-likeness (QED) is 0.418. The number of rotatable bonds is 9. The summed E-state index contributed by atoms with van der Waals surface area (Å²) in [6.07, 6.45) is 6.98. The van der Waals surface area contributed by atoms with E-state index < -0.39 is 0 Å². The standard InChI is InChI=1S/C14H22N2O2S/c1-12-7-8-13(16(17)18)11-14(12)15-9-5-3-4-6-10-19-2/h7-8,11,15H,3-6,9-10H2,1-2H3. The number of hydrogen-bond donors (Lipinski definition) is 1. The summed E-state index contributed by atoms with van der Waals surface area (Å²) in [7, 11) is 0. The Labute approximate surface area is 119 Å². The van der Waals surface area contributed by atoms with Crippen LogP contribution in [0.15, 0.2) is 18.2 Å². The van der Waals surface area contributed by atoms with Gasteiger partial charge < -0.3 is 5.32 Å². The third kappa shape index (κ3) is 5.96. The summed E-state index contributed by atoms with van der Waals surface area (Å²) < 4.78 is 0. The Balaban J connectivity index is 2.32. The van der Waals surface area contributed by atoms with Crippen LogP contribution in [0, 0.1) is 17.0 Å². The lowest BCUT2D eigenvalue weighted by Gasteiger charge is -2.09. The third-order valence-electron chi connectivity index (χ3n) is 3.02. The van der Waals surface area contributed by atoms with Crippen LogP contribution in [0.1, 0.15) is 31.2 Å². The summed E-state index contributed by atoms with van der Waals surface area (Å²) >= 11 is 1.89. The molecule has 0 unspecified atom stereocenters. The van der Waals surface area contributed by atoms with Crippen LogP contribution in [0.5, 0.6) is 0 Å². The Hall–Kier alpha value is -1.23. The van der Waals surface area contributed by atoms with E-state index in [2.05, 4.69) is 11.6 Å². The van der Waals surface area contributed by atoms with Crippen LogP contribution in [0.3, 0.4) is 0 Å². The number of nitro benzene ring substituents is 1. The minimum atomic E-state index is -0.354. The number of nitrogens with zero attached hydrogens (tertiary/aromatic N) is 1. The first kappa shape index (κ1) is 15.8. The molecule has 0 aliphatic rings. The highest BCUT2D eigenvalue weighted by molar-refractivity contribution is 7.98.